The summed E-state index contributed by atoms with van der Waals surface area (Å²) in [5.74, 6) is 2.23. The SMILES string of the molecule is COC(=O)OC(C(C)C)C1CCC2C(C[C@@]3(C)C4CCC5C(C)(C)C(O)CCC56CC46CCC23C)O1. The largest absolute Gasteiger partial charge is 0.508 e. The molecule has 0 aromatic rings. The Hall–Kier alpha value is -0.810. The van der Waals surface area contributed by atoms with Gasteiger partial charge in [0, 0.05) is 0 Å². The lowest BCUT2D eigenvalue weighted by atomic mass is 9.42. The molecule has 5 nitrogen and oxygen atoms in total. The fraction of sp³-hybridized carbons (Fsp3) is 0.968. The van der Waals surface area contributed by atoms with Gasteiger partial charge >= 0.3 is 6.16 Å². The second-order valence-corrected chi connectivity index (χ2v) is 15.3. The summed E-state index contributed by atoms with van der Waals surface area (Å²) in [5, 5.41) is 10.9. The molecule has 6 fully saturated rings. The van der Waals surface area contributed by atoms with Crippen LogP contribution >= 0.6 is 0 Å². The molecule has 6 aliphatic rings. The van der Waals surface area contributed by atoms with Gasteiger partial charge in [-0.05, 0) is 115 Å². The maximum absolute atomic E-state index is 12.0. The first-order valence-corrected chi connectivity index (χ1v) is 14.9. The van der Waals surface area contributed by atoms with Crippen molar-refractivity contribution in [3.05, 3.63) is 0 Å². The number of hydrogen-bond acceptors (Lipinski definition) is 5. The van der Waals surface area contributed by atoms with E-state index in [0.717, 1.165) is 25.2 Å². The highest BCUT2D eigenvalue weighted by atomic mass is 16.7. The fourth-order valence-corrected chi connectivity index (χ4v) is 11.8. The lowest BCUT2D eigenvalue weighted by molar-refractivity contribution is -0.165. The van der Waals surface area contributed by atoms with E-state index in [2.05, 4.69) is 41.5 Å². The van der Waals surface area contributed by atoms with Crippen LogP contribution in [0.15, 0.2) is 0 Å². The molecule has 0 radical (unpaired) electrons. The van der Waals surface area contributed by atoms with Crippen molar-refractivity contribution in [3.63, 3.8) is 0 Å². The molecule has 1 heterocycles. The maximum Gasteiger partial charge on any atom is 0.508 e. The zero-order chi connectivity index (χ0) is 25.9. The number of carbonyl (C=O) groups excluding carboxylic acids is 1. The summed E-state index contributed by atoms with van der Waals surface area (Å²) >= 11 is 0. The van der Waals surface area contributed by atoms with Crippen LogP contribution in [0, 0.1) is 50.7 Å². The molecule has 1 aliphatic heterocycles. The quantitative estimate of drug-likeness (QED) is 0.432. The van der Waals surface area contributed by atoms with Crippen molar-refractivity contribution in [1.29, 1.82) is 0 Å². The van der Waals surface area contributed by atoms with E-state index in [4.69, 9.17) is 14.2 Å². The van der Waals surface area contributed by atoms with Crippen molar-refractivity contribution in [2.45, 2.75) is 130 Å². The normalized spacial score (nSPS) is 53.2. The molecule has 10 unspecified atom stereocenters. The van der Waals surface area contributed by atoms with E-state index in [1.807, 2.05) is 0 Å². The fourth-order valence-electron chi connectivity index (χ4n) is 11.8. The monoisotopic (exact) mass is 502 g/mol. The van der Waals surface area contributed by atoms with Crippen LogP contribution in [-0.2, 0) is 14.2 Å². The van der Waals surface area contributed by atoms with Crippen molar-refractivity contribution in [2.75, 3.05) is 7.11 Å². The lowest BCUT2D eigenvalue weighted by Gasteiger charge is -2.63. The summed E-state index contributed by atoms with van der Waals surface area (Å²) in [4.78, 5) is 12.0. The molecule has 0 aromatic heterocycles. The van der Waals surface area contributed by atoms with Crippen molar-refractivity contribution in [1.82, 2.24) is 0 Å². The van der Waals surface area contributed by atoms with Gasteiger partial charge in [-0.1, -0.05) is 41.5 Å². The van der Waals surface area contributed by atoms with Crippen LogP contribution in [0.5, 0.6) is 0 Å². The number of aliphatic hydroxyl groups is 1. The van der Waals surface area contributed by atoms with E-state index < -0.39 is 6.16 Å². The van der Waals surface area contributed by atoms with Gasteiger partial charge in [-0.15, -0.1) is 0 Å². The predicted molar refractivity (Wildman–Crippen MR) is 138 cm³/mol. The van der Waals surface area contributed by atoms with Gasteiger partial charge in [0.25, 0.3) is 0 Å². The van der Waals surface area contributed by atoms with Crippen molar-refractivity contribution in [2.24, 2.45) is 50.7 Å². The molecule has 1 N–H and O–H groups in total. The molecular weight excluding hydrogens is 452 g/mol. The van der Waals surface area contributed by atoms with Crippen LogP contribution in [0.2, 0.25) is 0 Å². The first-order valence-electron chi connectivity index (χ1n) is 14.9. The molecule has 6 rings (SSSR count). The van der Waals surface area contributed by atoms with Gasteiger partial charge in [-0.3, -0.25) is 0 Å². The Labute approximate surface area is 218 Å². The molecule has 2 spiro atoms. The molecule has 0 amide bonds. The highest BCUT2D eigenvalue weighted by Gasteiger charge is 2.82. The van der Waals surface area contributed by atoms with Crippen LogP contribution in [0.1, 0.15) is 106 Å². The van der Waals surface area contributed by atoms with Crippen LogP contribution < -0.4 is 0 Å². The van der Waals surface area contributed by atoms with Gasteiger partial charge in [0.1, 0.15) is 6.10 Å². The third kappa shape index (κ3) is 2.99. The molecule has 11 atom stereocenters. The number of ether oxygens (including phenoxy) is 3. The highest BCUT2D eigenvalue weighted by molar-refractivity contribution is 5.59. The maximum atomic E-state index is 12.0. The van der Waals surface area contributed by atoms with Gasteiger partial charge in [0.2, 0.25) is 0 Å². The zero-order valence-corrected chi connectivity index (χ0v) is 23.8. The standard InChI is InChI=1S/C31H50O5/c1-18(2)25(36-26(33)34-7)20-9-8-19-21(35-20)16-29(6)23-11-10-22-27(3,4)24(32)12-13-30(22)17-31(23,30)15-14-28(19,29)5/h18-25,32H,8-17H2,1-7H3/t19?,20?,21?,22?,23?,24?,25?,28?,29-,30?,31?/m0/s1. The van der Waals surface area contributed by atoms with Gasteiger partial charge in [0.05, 0.1) is 25.4 Å². The summed E-state index contributed by atoms with van der Waals surface area (Å²) in [6, 6.07) is 0. The summed E-state index contributed by atoms with van der Waals surface area (Å²) in [6.45, 7) is 14.2. The van der Waals surface area contributed by atoms with E-state index in [-0.39, 0.29) is 35.7 Å². The number of methoxy groups -OCH3 is 1. The van der Waals surface area contributed by atoms with Crippen LogP contribution in [0.4, 0.5) is 4.79 Å². The average molecular weight is 503 g/mol. The molecule has 0 aromatic carbocycles. The second kappa shape index (κ2) is 7.87. The third-order valence-electron chi connectivity index (χ3n) is 13.8. The summed E-state index contributed by atoms with van der Waals surface area (Å²) < 4.78 is 17.4. The van der Waals surface area contributed by atoms with Gasteiger partial charge in [-0.25, -0.2) is 4.79 Å². The molecule has 0 bridgehead atoms. The third-order valence-corrected chi connectivity index (χ3v) is 13.8. The summed E-state index contributed by atoms with van der Waals surface area (Å²) in [7, 11) is 1.38. The van der Waals surface area contributed by atoms with E-state index >= 15 is 0 Å². The van der Waals surface area contributed by atoms with E-state index in [0.29, 0.717) is 33.5 Å². The molecule has 5 saturated carbocycles. The first-order chi connectivity index (χ1) is 16.9. The minimum absolute atomic E-state index is 0.0415. The number of hydrogen-bond donors (Lipinski definition) is 1. The molecule has 5 heteroatoms. The van der Waals surface area contributed by atoms with Crippen molar-refractivity contribution < 1.29 is 24.1 Å². The Balaban J connectivity index is 1.26. The van der Waals surface area contributed by atoms with E-state index in [1.165, 1.54) is 52.1 Å². The van der Waals surface area contributed by atoms with Crippen LogP contribution in [0.3, 0.4) is 0 Å². The minimum atomic E-state index is -0.600. The Kier molecular flexibility index (Phi) is 5.57. The second-order valence-electron chi connectivity index (χ2n) is 15.3. The Morgan fingerprint density at radius 2 is 1.61 bits per heavy atom. The minimum Gasteiger partial charge on any atom is -0.438 e. The molecular formula is C31H50O5. The van der Waals surface area contributed by atoms with Crippen molar-refractivity contribution >= 4 is 6.16 Å². The zero-order valence-electron chi connectivity index (χ0n) is 23.8. The summed E-state index contributed by atoms with van der Waals surface area (Å²) in [6.07, 6.45) is 11.4. The Bertz CT molecular complexity index is 915. The van der Waals surface area contributed by atoms with Gasteiger partial charge < -0.3 is 19.3 Å². The highest BCUT2D eigenvalue weighted by Crippen LogP contribution is 2.89. The smallest absolute Gasteiger partial charge is 0.438 e. The number of rotatable bonds is 3. The number of aliphatic hydroxyl groups excluding tert-OH is 1. The van der Waals surface area contributed by atoms with Crippen molar-refractivity contribution in [3.8, 4) is 0 Å². The van der Waals surface area contributed by atoms with Crippen LogP contribution in [0.25, 0.3) is 0 Å². The Morgan fingerprint density at radius 3 is 2.31 bits per heavy atom. The summed E-state index contributed by atoms with van der Waals surface area (Å²) in [5.41, 5.74) is 1.61. The lowest BCUT2D eigenvalue weighted by Crippen LogP contribution is -2.57. The average Bonchev–Trinajstić information content (AvgIpc) is 3.43. The Morgan fingerprint density at radius 1 is 0.917 bits per heavy atom. The van der Waals surface area contributed by atoms with Gasteiger partial charge in [0.15, 0.2) is 0 Å². The van der Waals surface area contributed by atoms with Gasteiger partial charge in [-0.2, -0.15) is 0 Å². The van der Waals surface area contributed by atoms with Crippen LogP contribution in [-0.4, -0.2) is 42.8 Å². The molecule has 1 saturated heterocycles. The topological polar surface area (TPSA) is 65.0 Å². The van der Waals surface area contributed by atoms with E-state index in [9.17, 15) is 9.90 Å². The molecule has 36 heavy (non-hydrogen) atoms. The number of fused-ring (bicyclic) bond motifs is 4. The van der Waals surface area contributed by atoms with E-state index in [1.54, 1.807) is 0 Å². The predicted octanol–water partition coefficient (Wildman–Crippen LogP) is 6.75. The first kappa shape index (κ1) is 25.5. The number of carbonyl (C=O) groups is 1. The molecule has 5 aliphatic carbocycles. The molecule has 204 valence electrons.